The highest BCUT2D eigenvalue weighted by Gasteiger charge is 2.25. The summed E-state index contributed by atoms with van der Waals surface area (Å²) in [7, 11) is -1.95. The fourth-order valence-corrected chi connectivity index (χ4v) is 4.86. The lowest BCUT2D eigenvalue weighted by Gasteiger charge is -2.17. The van der Waals surface area contributed by atoms with E-state index >= 15 is 0 Å². The highest BCUT2D eigenvalue weighted by Crippen LogP contribution is 2.33. The molecule has 1 aromatic carbocycles. The largest absolute Gasteiger partial charge is 0.399 e. The fourth-order valence-electron chi connectivity index (χ4n) is 1.15. The number of rotatable bonds is 3. The third-order valence-electron chi connectivity index (χ3n) is 2.13. The van der Waals surface area contributed by atoms with Crippen LogP contribution in [0.2, 0.25) is 0 Å². The summed E-state index contributed by atoms with van der Waals surface area (Å²) in [6.45, 7) is 2.18. The number of hydrogen-bond donors (Lipinski definition) is 1. The number of anilines is 1. The van der Waals surface area contributed by atoms with E-state index in [4.69, 9.17) is 5.73 Å². The number of nitrogen functional groups attached to an aromatic ring is 1. The van der Waals surface area contributed by atoms with Crippen LogP contribution >= 0.6 is 31.9 Å². The van der Waals surface area contributed by atoms with Gasteiger partial charge in [0.25, 0.3) is 0 Å². The van der Waals surface area contributed by atoms with E-state index < -0.39 is 10.0 Å². The van der Waals surface area contributed by atoms with Crippen molar-refractivity contribution >= 4 is 47.6 Å². The zero-order valence-electron chi connectivity index (χ0n) is 8.87. The van der Waals surface area contributed by atoms with Gasteiger partial charge in [-0.25, -0.2) is 12.7 Å². The predicted octanol–water partition coefficient (Wildman–Crippen LogP) is 2.43. The van der Waals surface area contributed by atoms with Crippen molar-refractivity contribution in [3.8, 4) is 0 Å². The number of halogens is 2. The second-order valence-corrected chi connectivity index (χ2v) is 6.92. The Morgan fingerprint density at radius 1 is 1.31 bits per heavy atom. The summed E-state index contributed by atoms with van der Waals surface area (Å²) in [4.78, 5) is 0.200. The van der Waals surface area contributed by atoms with Crippen molar-refractivity contribution < 1.29 is 8.42 Å². The first kappa shape index (κ1) is 14.0. The molecule has 0 fully saturated rings. The lowest BCUT2D eigenvalue weighted by atomic mass is 10.3. The summed E-state index contributed by atoms with van der Waals surface area (Å²) in [5, 5.41) is 0. The number of benzene rings is 1. The molecule has 0 radical (unpaired) electrons. The summed E-state index contributed by atoms with van der Waals surface area (Å²) >= 11 is 6.43. The van der Waals surface area contributed by atoms with Crippen LogP contribution in [0.25, 0.3) is 0 Å². The molecule has 0 saturated heterocycles. The van der Waals surface area contributed by atoms with Gasteiger partial charge in [0.1, 0.15) is 4.90 Å². The van der Waals surface area contributed by atoms with Crippen LogP contribution in [-0.2, 0) is 10.0 Å². The maximum absolute atomic E-state index is 12.1. The van der Waals surface area contributed by atoms with E-state index in [2.05, 4.69) is 31.9 Å². The van der Waals surface area contributed by atoms with E-state index in [9.17, 15) is 8.42 Å². The fraction of sp³-hybridized carbons (Fsp3) is 0.333. The minimum atomic E-state index is -3.48. The van der Waals surface area contributed by atoms with Crippen molar-refractivity contribution in [3.05, 3.63) is 21.1 Å². The first-order valence-electron chi connectivity index (χ1n) is 4.51. The molecule has 7 heteroatoms. The van der Waals surface area contributed by atoms with Crippen LogP contribution in [-0.4, -0.2) is 26.3 Å². The van der Waals surface area contributed by atoms with Crippen molar-refractivity contribution in [2.75, 3.05) is 19.3 Å². The molecule has 2 N–H and O–H groups in total. The molecule has 4 nitrogen and oxygen atoms in total. The van der Waals surface area contributed by atoms with Gasteiger partial charge in [-0.2, -0.15) is 0 Å². The highest BCUT2D eigenvalue weighted by atomic mass is 79.9. The van der Waals surface area contributed by atoms with Crippen LogP contribution in [0.4, 0.5) is 5.69 Å². The average molecular weight is 372 g/mol. The van der Waals surface area contributed by atoms with Gasteiger partial charge in [0.2, 0.25) is 10.0 Å². The molecule has 0 aliphatic rings. The summed E-state index contributed by atoms with van der Waals surface area (Å²) in [6, 6.07) is 3.14. The van der Waals surface area contributed by atoms with Gasteiger partial charge in [0, 0.05) is 28.2 Å². The Labute approximate surface area is 112 Å². The molecule has 0 saturated carbocycles. The molecule has 1 rings (SSSR count). The topological polar surface area (TPSA) is 63.4 Å². The standard InChI is InChI=1S/C9H12Br2N2O2S/c1-3-13(2)16(14,15)9-7(10)4-6(12)5-8(9)11/h4-5H,3,12H2,1-2H3. The smallest absolute Gasteiger partial charge is 0.245 e. The third-order valence-corrected chi connectivity index (χ3v) is 5.94. The first-order valence-corrected chi connectivity index (χ1v) is 7.54. The molecule has 90 valence electrons. The van der Waals surface area contributed by atoms with E-state index in [-0.39, 0.29) is 4.90 Å². The normalized spacial score (nSPS) is 12.1. The van der Waals surface area contributed by atoms with Crippen LogP contribution in [0, 0.1) is 0 Å². The number of nitrogens with two attached hydrogens (primary N) is 1. The summed E-state index contributed by atoms with van der Waals surface area (Å²) < 4.78 is 26.5. The van der Waals surface area contributed by atoms with Crippen LogP contribution in [0.1, 0.15) is 6.92 Å². The minimum Gasteiger partial charge on any atom is -0.399 e. The Bertz CT molecular complexity index is 479. The van der Waals surface area contributed by atoms with E-state index in [1.807, 2.05) is 0 Å². The molecule has 0 atom stereocenters. The minimum absolute atomic E-state index is 0.200. The molecule has 1 aromatic rings. The van der Waals surface area contributed by atoms with Crippen LogP contribution in [0.15, 0.2) is 26.0 Å². The van der Waals surface area contributed by atoms with Gasteiger partial charge in [0.05, 0.1) is 0 Å². The summed E-state index contributed by atoms with van der Waals surface area (Å²) in [5.41, 5.74) is 6.11. The maximum Gasteiger partial charge on any atom is 0.245 e. The number of nitrogens with zero attached hydrogens (tertiary/aromatic N) is 1. The molecular weight excluding hydrogens is 360 g/mol. The SMILES string of the molecule is CCN(C)S(=O)(=O)c1c(Br)cc(N)cc1Br. The molecule has 0 heterocycles. The van der Waals surface area contributed by atoms with Gasteiger partial charge in [-0.05, 0) is 44.0 Å². The zero-order valence-corrected chi connectivity index (χ0v) is 12.9. The third kappa shape index (κ3) is 2.58. The van der Waals surface area contributed by atoms with Gasteiger partial charge in [0.15, 0.2) is 0 Å². The van der Waals surface area contributed by atoms with E-state index in [0.717, 1.165) is 0 Å². The first-order chi connectivity index (χ1) is 7.30. The molecule has 0 unspecified atom stereocenters. The molecular formula is C9H12Br2N2O2S. The Balaban J connectivity index is 3.45. The van der Waals surface area contributed by atoms with Gasteiger partial charge in [-0.1, -0.05) is 6.92 Å². The highest BCUT2D eigenvalue weighted by molar-refractivity contribution is 9.11. The lowest BCUT2D eigenvalue weighted by molar-refractivity contribution is 0.485. The quantitative estimate of drug-likeness (QED) is 0.830. The molecule has 0 spiro atoms. The van der Waals surface area contributed by atoms with Crippen LogP contribution < -0.4 is 5.73 Å². The monoisotopic (exact) mass is 370 g/mol. The van der Waals surface area contributed by atoms with Gasteiger partial charge < -0.3 is 5.73 Å². The lowest BCUT2D eigenvalue weighted by Crippen LogP contribution is -2.27. The van der Waals surface area contributed by atoms with Crippen LogP contribution in [0.5, 0.6) is 0 Å². The van der Waals surface area contributed by atoms with E-state index in [1.165, 1.54) is 11.4 Å². The zero-order chi connectivity index (χ0) is 12.5. The van der Waals surface area contributed by atoms with Crippen molar-refractivity contribution in [1.82, 2.24) is 4.31 Å². The van der Waals surface area contributed by atoms with Gasteiger partial charge in [-0.15, -0.1) is 0 Å². The maximum atomic E-state index is 12.1. The number of hydrogen-bond acceptors (Lipinski definition) is 3. The Kier molecular flexibility index (Phi) is 4.39. The molecule has 0 aliphatic carbocycles. The van der Waals surface area contributed by atoms with Crippen molar-refractivity contribution in [3.63, 3.8) is 0 Å². The van der Waals surface area contributed by atoms with E-state index in [1.54, 1.807) is 19.1 Å². The van der Waals surface area contributed by atoms with Gasteiger partial charge in [-0.3, -0.25) is 0 Å². The van der Waals surface area contributed by atoms with Crippen molar-refractivity contribution in [1.29, 1.82) is 0 Å². The van der Waals surface area contributed by atoms with E-state index in [0.29, 0.717) is 21.2 Å². The summed E-state index contributed by atoms with van der Waals surface area (Å²) in [5.74, 6) is 0. The molecule has 0 bridgehead atoms. The van der Waals surface area contributed by atoms with Crippen LogP contribution in [0.3, 0.4) is 0 Å². The van der Waals surface area contributed by atoms with Crippen molar-refractivity contribution in [2.24, 2.45) is 0 Å². The molecule has 0 aromatic heterocycles. The average Bonchev–Trinajstić information content (AvgIpc) is 2.14. The second kappa shape index (κ2) is 5.03. The molecule has 0 aliphatic heterocycles. The Morgan fingerprint density at radius 2 is 1.75 bits per heavy atom. The van der Waals surface area contributed by atoms with Gasteiger partial charge >= 0.3 is 0 Å². The Morgan fingerprint density at radius 3 is 2.12 bits per heavy atom. The Hall–Kier alpha value is -0.110. The molecule has 0 amide bonds. The number of sulfonamides is 1. The summed E-state index contributed by atoms with van der Waals surface area (Å²) in [6.07, 6.45) is 0. The van der Waals surface area contributed by atoms with Crippen molar-refractivity contribution in [2.45, 2.75) is 11.8 Å². The second-order valence-electron chi connectivity index (χ2n) is 3.23. The predicted molar refractivity (Wildman–Crippen MR) is 71.7 cm³/mol. The molecule has 16 heavy (non-hydrogen) atoms.